The average molecular weight is 304 g/mol. The maximum absolute atomic E-state index is 12.2. The number of carbonyl (C=O) groups is 1. The van der Waals surface area contributed by atoms with E-state index in [9.17, 15) is 9.90 Å². The zero-order valence-corrected chi connectivity index (χ0v) is 11.6. The highest BCUT2D eigenvalue weighted by molar-refractivity contribution is 9.10. The number of aliphatic hydroxyl groups excluding tert-OH is 1. The van der Waals surface area contributed by atoms with Crippen molar-refractivity contribution in [2.75, 3.05) is 6.54 Å². The van der Waals surface area contributed by atoms with Crippen LogP contribution in [0, 0.1) is 0 Å². The minimum atomic E-state index is -0.401. The molecule has 1 aromatic rings. The highest BCUT2D eigenvalue weighted by Gasteiger charge is 2.40. The van der Waals surface area contributed by atoms with Crippen molar-refractivity contribution in [1.29, 1.82) is 0 Å². The van der Waals surface area contributed by atoms with Crippen molar-refractivity contribution in [2.24, 2.45) is 0 Å². The van der Waals surface area contributed by atoms with Crippen LogP contribution in [0.1, 0.15) is 29.9 Å². The first-order valence-corrected chi connectivity index (χ1v) is 6.81. The predicted octanol–water partition coefficient (Wildman–Crippen LogP) is 2.50. The Kier molecular flexibility index (Phi) is 3.11. The first-order valence-electron chi connectivity index (χ1n) is 5.14. The Bertz CT molecular complexity index is 416. The number of rotatable bonds is 1. The summed E-state index contributed by atoms with van der Waals surface area (Å²) < 4.78 is 0.929. The van der Waals surface area contributed by atoms with Gasteiger partial charge >= 0.3 is 0 Å². The molecule has 1 atom stereocenters. The molecule has 88 valence electrons. The van der Waals surface area contributed by atoms with Gasteiger partial charge in [0.1, 0.15) is 0 Å². The normalized spacial score (nSPS) is 23.8. The molecule has 16 heavy (non-hydrogen) atoms. The first-order chi connectivity index (χ1) is 7.40. The smallest absolute Gasteiger partial charge is 0.264 e. The molecule has 0 radical (unpaired) electrons. The summed E-state index contributed by atoms with van der Waals surface area (Å²) in [5.74, 6) is 0.0113. The SMILES string of the molecule is CC1(C)CC(O)CN1C(=O)c1cc(Br)cs1. The topological polar surface area (TPSA) is 40.5 Å². The second-order valence-electron chi connectivity index (χ2n) is 4.72. The molecule has 0 saturated carbocycles. The molecule has 0 aliphatic carbocycles. The van der Waals surface area contributed by atoms with Crippen molar-refractivity contribution in [3.05, 3.63) is 20.8 Å². The van der Waals surface area contributed by atoms with E-state index >= 15 is 0 Å². The number of β-amino-alcohol motifs (C(OH)–C–C–N with tert-alkyl or cyclic N) is 1. The third-order valence-corrected chi connectivity index (χ3v) is 4.56. The molecule has 0 bridgehead atoms. The van der Waals surface area contributed by atoms with Gasteiger partial charge in [-0.05, 0) is 42.3 Å². The number of hydrogen-bond acceptors (Lipinski definition) is 3. The van der Waals surface area contributed by atoms with Gasteiger partial charge in [-0.2, -0.15) is 0 Å². The lowest BCUT2D eigenvalue weighted by atomic mass is 10.0. The number of amides is 1. The number of halogens is 1. The molecule has 3 nitrogen and oxygen atoms in total. The van der Waals surface area contributed by atoms with Crippen LogP contribution < -0.4 is 0 Å². The van der Waals surface area contributed by atoms with E-state index in [-0.39, 0.29) is 11.4 Å². The van der Waals surface area contributed by atoms with Crippen LogP contribution in [0.3, 0.4) is 0 Å². The van der Waals surface area contributed by atoms with E-state index in [1.54, 1.807) is 4.90 Å². The van der Waals surface area contributed by atoms with E-state index in [4.69, 9.17) is 0 Å². The van der Waals surface area contributed by atoms with Gasteiger partial charge in [-0.3, -0.25) is 4.79 Å². The number of thiophene rings is 1. The van der Waals surface area contributed by atoms with Crippen molar-refractivity contribution >= 4 is 33.2 Å². The van der Waals surface area contributed by atoms with Crippen molar-refractivity contribution in [3.63, 3.8) is 0 Å². The van der Waals surface area contributed by atoms with E-state index in [2.05, 4.69) is 15.9 Å². The van der Waals surface area contributed by atoms with Crippen LogP contribution >= 0.6 is 27.3 Å². The number of carbonyl (C=O) groups excluding carboxylic acids is 1. The second kappa shape index (κ2) is 4.13. The van der Waals surface area contributed by atoms with Crippen LogP contribution in [0.4, 0.5) is 0 Å². The number of nitrogens with zero attached hydrogens (tertiary/aromatic N) is 1. The van der Waals surface area contributed by atoms with Crippen LogP contribution in [0.15, 0.2) is 15.9 Å². The summed E-state index contributed by atoms with van der Waals surface area (Å²) in [4.78, 5) is 14.7. The van der Waals surface area contributed by atoms with Gasteiger partial charge < -0.3 is 10.0 Å². The molecule has 0 aromatic carbocycles. The van der Waals surface area contributed by atoms with Crippen molar-refractivity contribution in [2.45, 2.75) is 31.9 Å². The fourth-order valence-electron chi connectivity index (χ4n) is 2.13. The summed E-state index contributed by atoms with van der Waals surface area (Å²) in [5.41, 5.74) is -0.257. The van der Waals surface area contributed by atoms with Gasteiger partial charge in [0.25, 0.3) is 5.91 Å². The summed E-state index contributed by atoms with van der Waals surface area (Å²) in [6.45, 7) is 4.41. The lowest BCUT2D eigenvalue weighted by molar-refractivity contribution is 0.0646. The molecular weight excluding hydrogens is 290 g/mol. The molecule has 1 aromatic heterocycles. The van der Waals surface area contributed by atoms with Crippen LogP contribution in [-0.2, 0) is 0 Å². The first kappa shape index (κ1) is 12.1. The number of likely N-dealkylation sites (tertiary alicyclic amines) is 1. The van der Waals surface area contributed by atoms with Crippen molar-refractivity contribution in [1.82, 2.24) is 4.90 Å². The van der Waals surface area contributed by atoms with Gasteiger partial charge in [0.15, 0.2) is 0 Å². The minimum absolute atomic E-state index is 0.0113. The van der Waals surface area contributed by atoms with E-state index in [0.29, 0.717) is 17.8 Å². The van der Waals surface area contributed by atoms with Crippen LogP contribution in [0.2, 0.25) is 0 Å². The van der Waals surface area contributed by atoms with E-state index in [1.807, 2.05) is 25.3 Å². The third kappa shape index (κ3) is 2.17. The molecule has 1 aliphatic heterocycles. The molecule has 1 saturated heterocycles. The highest BCUT2D eigenvalue weighted by atomic mass is 79.9. The van der Waals surface area contributed by atoms with Gasteiger partial charge in [0, 0.05) is 21.9 Å². The Balaban J connectivity index is 2.22. The molecule has 0 spiro atoms. The molecule has 1 amide bonds. The van der Waals surface area contributed by atoms with Gasteiger partial charge in [-0.15, -0.1) is 11.3 Å². The predicted molar refractivity (Wildman–Crippen MR) is 67.8 cm³/mol. The highest BCUT2D eigenvalue weighted by Crippen LogP contribution is 2.32. The molecule has 1 N–H and O–H groups in total. The Morgan fingerprint density at radius 3 is 2.81 bits per heavy atom. The number of aliphatic hydroxyl groups is 1. The fraction of sp³-hybridized carbons (Fsp3) is 0.545. The van der Waals surface area contributed by atoms with Gasteiger partial charge in [-0.1, -0.05) is 0 Å². The quantitative estimate of drug-likeness (QED) is 0.866. The second-order valence-corrected chi connectivity index (χ2v) is 6.54. The van der Waals surface area contributed by atoms with Crippen LogP contribution in [0.5, 0.6) is 0 Å². The summed E-state index contributed by atoms with van der Waals surface area (Å²) >= 11 is 4.77. The summed E-state index contributed by atoms with van der Waals surface area (Å²) in [7, 11) is 0. The molecule has 1 fully saturated rings. The average Bonchev–Trinajstić information content (AvgIpc) is 2.69. The third-order valence-electron chi connectivity index (χ3n) is 2.88. The zero-order valence-electron chi connectivity index (χ0n) is 9.24. The molecule has 1 aliphatic rings. The lowest BCUT2D eigenvalue weighted by Crippen LogP contribution is -2.42. The summed E-state index contributed by atoms with van der Waals surface area (Å²) in [6.07, 6.45) is 0.244. The van der Waals surface area contributed by atoms with E-state index in [1.165, 1.54) is 11.3 Å². The Labute approximate surface area is 107 Å². The molecule has 2 rings (SSSR count). The van der Waals surface area contributed by atoms with Gasteiger partial charge in [-0.25, -0.2) is 0 Å². The minimum Gasteiger partial charge on any atom is -0.391 e. The summed E-state index contributed by atoms with van der Waals surface area (Å²) in [5, 5.41) is 11.5. The van der Waals surface area contributed by atoms with Gasteiger partial charge in [0.05, 0.1) is 11.0 Å². The maximum atomic E-state index is 12.2. The monoisotopic (exact) mass is 303 g/mol. The van der Waals surface area contributed by atoms with Crippen LogP contribution in [0.25, 0.3) is 0 Å². The van der Waals surface area contributed by atoms with E-state index in [0.717, 1.165) is 4.47 Å². The summed E-state index contributed by atoms with van der Waals surface area (Å²) in [6, 6.07) is 1.83. The largest absolute Gasteiger partial charge is 0.391 e. The Morgan fingerprint density at radius 2 is 2.38 bits per heavy atom. The van der Waals surface area contributed by atoms with Gasteiger partial charge in [0.2, 0.25) is 0 Å². The van der Waals surface area contributed by atoms with E-state index < -0.39 is 6.10 Å². The molecular formula is C11H14BrNO2S. The Morgan fingerprint density at radius 1 is 1.69 bits per heavy atom. The van der Waals surface area contributed by atoms with Crippen LogP contribution in [-0.4, -0.2) is 34.1 Å². The lowest BCUT2D eigenvalue weighted by Gasteiger charge is -2.30. The molecule has 1 unspecified atom stereocenters. The number of hydrogen-bond donors (Lipinski definition) is 1. The van der Waals surface area contributed by atoms with Crippen molar-refractivity contribution in [3.8, 4) is 0 Å². The molecule has 5 heteroatoms. The van der Waals surface area contributed by atoms with Crippen molar-refractivity contribution < 1.29 is 9.90 Å². The molecule has 2 heterocycles. The standard InChI is InChI=1S/C11H14BrNO2S/c1-11(2)4-8(14)5-13(11)10(15)9-3-7(12)6-16-9/h3,6,8,14H,4-5H2,1-2H3. The Hall–Kier alpha value is -0.390. The fourth-order valence-corrected chi connectivity index (χ4v) is 3.50. The maximum Gasteiger partial charge on any atom is 0.264 e. The zero-order chi connectivity index (χ0) is 11.9.